The lowest BCUT2D eigenvalue weighted by atomic mass is 10.3. The summed E-state index contributed by atoms with van der Waals surface area (Å²) in [4.78, 5) is 19.4. The number of imidazole rings is 1. The largest absolute Gasteiger partial charge is 0.309 e. The Morgan fingerprint density at radius 3 is 2.68 bits per heavy atom. The predicted molar refractivity (Wildman–Crippen MR) is 98.7 cm³/mol. The van der Waals surface area contributed by atoms with Crippen molar-refractivity contribution in [2.75, 3.05) is 25.0 Å². The van der Waals surface area contributed by atoms with Crippen molar-refractivity contribution in [2.45, 2.75) is 20.4 Å². The number of benzene rings is 1. The zero-order chi connectivity index (χ0) is 17.8. The Labute approximate surface area is 147 Å². The average molecular weight is 340 g/mol. The number of carbonyl (C=O) groups is 1. The monoisotopic (exact) mass is 340 g/mol. The molecule has 7 nitrogen and oxygen atoms in total. The minimum atomic E-state index is -0.201. The van der Waals surface area contributed by atoms with Crippen LogP contribution < -0.4 is 5.32 Å². The molecule has 0 spiro atoms. The molecule has 0 saturated heterocycles. The lowest BCUT2D eigenvalue weighted by molar-refractivity contribution is 0.102. The molecule has 0 saturated carbocycles. The number of carbonyl (C=O) groups excluding carboxylic acids is 1. The third-order valence-electron chi connectivity index (χ3n) is 4.38. The van der Waals surface area contributed by atoms with Gasteiger partial charge in [-0.1, -0.05) is 26.0 Å². The first-order chi connectivity index (χ1) is 12.1. The molecule has 1 aromatic carbocycles. The van der Waals surface area contributed by atoms with Gasteiger partial charge in [0.15, 0.2) is 0 Å². The van der Waals surface area contributed by atoms with Crippen LogP contribution in [0.25, 0.3) is 11.0 Å². The number of fused-ring (bicyclic) bond motifs is 1. The van der Waals surface area contributed by atoms with Crippen molar-refractivity contribution in [3.63, 3.8) is 0 Å². The van der Waals surface area contributed by atoms with Gasteiger partial charge in [0.25, 0.3) is 5.91 Å². The first-order valence-corrected chi connectivity index (χ1v) is 8.60. The zero-order valence-electron chi connectivity index (χ0n) is 14.9. The molecular formula is C18H24N6O. The first-order valence-electron chi connectivity index (χ1n) is 8.60. The van der Waals surface area contributed by atoms with Crippen LogP contribution in [-0.2, 0) is 13.6 Å². The van der Waals surface area contributed by atoms with Gasteiger partial charge >= 0.3 is 0 Å². The van der Waals surface area contributed by atoms with Gasteiger partial charge in [-0.05, 0) is 25.2 Å². The van der Waals surface area contributed by atoms with Gasteiger partial charge in [0, 0.05) is 26.3 Å². The third-order valence-corrected chi connectivity index (χ3v) is 4.38. The highest BCUT2D eigenvalue weighted by molar-refractivity contribution is 6.03. The number of nitrogens with one attached hydrogen (secondary N) is 1. The molecule has 0 aliphatic rings. The van der Waals surface area contributed by atoms with E-state index in [1.807, 2.05) is 24.3 Å². The van der Waals surface area contributed by atoms with Crippen molar-refractivity contribution < 1.29 is 4.79 Å². The molecule has 132 valence electrons. The molecule has 0 atom stereocenters. The fourth-order valence-electron chi connectivity index (χ4n) is 2.89. The number of aryl methyl sites for hydroxylation is 1. The summed E-state index contributed by atoms with van der Waals surface area (Å²) < 4.78 is 3.68. The molecule has 0 aliphatic carbocycles. The highest BCUT2D eigenvalue weighted by Gasteiger charge is 2.15. The Hall–Kier alpha value is -2.67. The molecule has 1 amide bonds. The number of para-hydroxylation sites is 2. The van der Waals surface area contributed by atoms with Crippen LogP contribution in [0.1, 0.15) is 24.2 Å². The number of hydrogen-bond donors (Lipinski definition) is 1. The van der Waals surface area contributed by atoms with Crippen LogP contribution in [0.15, 0.2) is 36.7 Å². The summed E-state index contributed by atoms with van der Waals surface area (Å²) in [5.41, 5.74) is 2.42. The van der Waals surface area contributed by atoms with E-state index in [2.05, 4.69) is 38.7 Å². The maximum Gasteiger partial charge on any atom is 0.261 e. The Balaban J connectivity index is 1.88. The Kier molecular flexibility index (Phi) is 5.14. The third kappa shape index (κ3) is 3.71. The summed E-state index contributed by atoms with van der Waals surface area (Å²) >= 11 is 0. The normalized spacial score (nSPS) is 11.4. The van der Waals surface area contributed by atoms with Gasteiger partial charge in [-0.25, -0.2) is 4.98 Å². The molecule has 25 heavy (non-hydrogen) atoms. The minimum Gasteiger partial charge on any atom is -0.309 e. The molecule has 0 bridgehead atoms. The van der Waals surface area contributed by atoms with E-state index in [1.165, 1.54) is 0 Å². The van der Waals surface area contributed by atoms with E-state index in [9.17, 15) is 4.79 Å². The van der Waals surface area contributed by atoms with Gasteiger partial charge in [0.05, 0.1) is 22.8 Å². The van der Waals surface area contributed by atoms with Gasteiger partial charge in [-0.15, -0.1) is 0 Å². The first kappa shape index (κ1) is 17.2. The number of likely N-dealkylation sites (N-methyl/N-ethyl adjacent to an activating group) is 1. The van der Waals surface area contributed by atoms with Crippen molar-refractivity contribution in [2.24, 2.45) is 7.05 Å². The van der Waals surface area contributed by atoms with E-state index < -0.39 is 0 Å². The van der Waals surface area contributed by atoms with Crippen LogP contribution in [-0.4, -0.2) is 49.8 Å². The van der Waals surface area contributed by atoms with Gasteiger partial charge in [0.2, 0.25) is 5.95 Å². The maximum absolute atomic E-state index is 12.5. The van der Waals surface area contributed by atoms with Crippen molar-refractivity contribution in [3.8, 4) is 0 Å². The quantitative estimate of drug-likeness (QED) is 0.717. The lowest BCUT2D eigenvalue weighted by Crippen LogP contribution is -2.27. The number of anilines is 1. The smallest absolute Gasteiger partial charge is 0.261 e. The Morgan fingerprint density at radius 1 is 1.24 bits per heavy atom. The molecule has 0 aliphatic heterocycles. The van der Waals surface area contributed by atoms with Gasteiger partial charge in [-0.3, -0.25) is 14.8 Å². The van der Waals surface area contributed by atoms with E-state index in [0.29, 0.717) is 11.5 Å². The van der Waals surface area contributed by atoms with Crippen molar-refractivity contribution in [3.05, 3.63) is 42.2 Å². The molecule has 2 heterocycles. The highest BCUT2D eigenvalue weighted by atomic mass is 16.1. The molecule has 1 N–H and O–H groups in total. The molecule has 0 unspecified atom stereocenters. The zero-order valence-corrected chi connectivity index (χ0v) is 14.9. The summed E-state index contributed by atoms with van der Waals surface area (Å²) in [6.07, 6.45) is 3.25. The van der Waals surface area contributed by atoms with Crippen LogP contribution in [0.4, 0.5) is 5.95 Å². The van der Waals surface area contributed by atoms with E-state index in [0.717, 1.165) is 37.2 Å². The standard InChI is InChI=1S/C18H24N6O/c1-4-23(5-2)10-11-24-16-9-7-6-8-15(16)20-18(24)21-17(25)14-12-19-22(3)13-14/h6-9,12-13H,4-5,10-11H2,1-3H3,(H,20,21,25). The average Bonchev–Trinajstić information content (AvgIpc) is 3.20. The molecule has 2 aromatic heterocycles. The topological polar surface area (TPSA) is 68.0 Å². The SMILES string of the molecule is CCN(CC)CCn1c(NC(=O)c2cnn(C)c2)nc2ccccc21. The fraction of sp³-hybridized carbons (Fsp3) is 0.389. The molecule has 7 heteroatoms. The van der Waals surface area contributed by atoms with E-state index in [-0.39, 0.29) is 5.91 Å². The van der Waals surface area contributed by atoms with Crippen LogP contribution in [0.3, 0.4) is 0 Å². The van der Waals surface area contributed by atoms with E-state index in [1.54, 1.807) is 24.1 Å². The second-order valence-corrected chi connectivity index (χ2v) is 5.96. The number of nitrogens with zero attached hydrogens (tertiary/aromatic N) is 5. The summed E-state index contributed by atoms with van der Waals surface area (Å²) in [7, 11) is 1.79. The number of hydrogen-bond acceptors (Lipinski definition) is 4. The van der Waals surface area contributed by atoms with Crippen molar-refractivity contribution in [1.82, 2.24) is 24.2 Å². The second kappa shape index (κ2) is 7.48. The van der Waals surface area contributed by atoms with Crippen LogP contribution in [0.5, 0.6) is 0 Å². The summed E-state index contributed by atoms with van der Waals surface area (Å²) in [6, 6.07) is 7.94. The van der Waals surface area contributed by atoms with Gasteiger partial charge in [0.1, 0.15) is 0 Å². The minimum absolute atomic E-state index is 0.201. The Morgan fingerprint density at radius 2 is 2.00 bits per heavy atom. The predicted octanol–water partition coefficient (Wildman–Crippen LogP) is 2.36. The maximum atomic E-state index is 12.5. The summed E-state index contributed by atoms with van der Waals surface area (Å²) in [6.45, 7) is 7.98. The summed E-state index contributed by atoms with van der Waals surface area (Å²) in [5.74, 6) is 0.370. The van der Waals surface area contributed by atoms with Crippen molar-refractivity contribution >= 4 is 22.9 Å². The second-order valence-electron chi connectivity index (χ2n) is 5.96. The van der Waals surface area contributed by atoms with E-state index >= 15 is 0 Å². The number of rotatable bonds is 7. The van der Waals surface area contributed by atoms with Crippen LogP contribution in [0, 0.1) is 0 Å². The van der Waals surface area contributed by atoms with Crippen LogP contribution >= 0.6 is 0 Å². The molecule has 0 fully saturated rings. The molecule has 3 rings (SSSR count). The molecule has 3 aromatic rings. The van der Waals surface area contributed by atoms with Gasteiger partial charge < -0.3 is 9.47 Å². The number of amides is 1. The van der Waals surface area contributed by atoms with E-state index in [4.69, 9.17) is 0 Å². The highest BCUT2D eigenvalue weighted by Crippen LogP contribution is 2.20. The fourth-order valence-corrected chi connectivity index (χ4v) is 2.89. The summed E-state index contributed by atoms with van der Waals surface area (Å²) in [5, 5.41) is 6.98. The number of aromatic nitrogens is 4. The lowest BCUT2D eigenvalue weighted by Gasteiger charge is -2.19. The molecular weight excluding hydrogens is 316 g/mol. The Bertz CT molecular complexity index is 861. The van der Waals surface area contributed by atoms with Crippen molar-refractivity contribution in [1.29, 1.82) is 0 Å². The molecule has 0 radical (unpaired) electrons. The van der Waals surface area contributed by atoms with Gasteiger partial charge in [-0.2, -0.15) is 5.10 Å². The van der Waals surface area contributed by atoms with Crippen LogP contribution in [0.2, 0.25) is 0 Å².